The van der Waals surface area contributed by atoms with Gasteiger partial charge in [0, 0.05) is 26.2 Å². The van der Waals surface area contributed by atoms with Crippen LogP contribution in [-0.4, -0.2) is 16.7 Å². The van der Waals surface area contributed by atoms with E-state index in [1.807, 2.05) is 30.3 Å². The first-order valence-electron chi connectivity index (χ1n) is 9.76. The summed E-state index contributed by atoms with van der Waals surface area (Å²) in [5, 5.41) is 6.43. The Morgan fingerprint density at radius 3 is 2.57 bits per heavy atom. The van der Waals surface area contributed by atoms with E-state index >= 15 is 0 Å². The zero-order valence-corrected chi connectivity index (χ0v) is 19.1. The van der Waals surface area contributed by atoms with E-state index in [0.29, 0.717) is 6.42 Å². The minimum atomic E-state index is -0.131. The van der Waals surface area contributed by atoms with Gasteiger partial charge in [-0.2, -0.15) is 5.10 Å². The van der Waals surface area contributed by atoms with E-state index in [-0.39, 0.29) is 5.91 Å². The van der Waals surface area contributed by atoms with E-state index in [9.17, 15) is 4.79 Å². The molecule has 4 aromatic rings. The standard InChI is InChI=1S/C25H22IN3O/c1-17-14-21(18(2)29(17)23-12-10-22(26)11-13-23)16-27-28-25(30)15-20-8-5-7-19-6-3-4-9-24(19)20/h3-14,16H,15H2,1-2H3,(H,28,30)/b27-16-. The van der Waals surface area contributed by atoms with E-state index in [0.717, 1.165) is 39.0 Å². The number of aromatic nitrogens is 1. The van der Waals surface area contributed by atoms with Gasteiger partial charge in [0.1, 0.15) is 0 Å². The van der Waals surface area contributed by atoms with Gasteiger partial charge in [-0.05, 0) is 83.1 Å². The average Bonchev–Trinajstić information content (AvgIpc) is 3.02. The molecule has 30 heavy (non-hydrogen) atoms. The highest BCUT2D eigenvalue weighted by Gasteiger charge is 2.10. The number of fused-ring (bicyclic) bond motifs is 1. The number of carbonyl (C=O) groups is 1. The van der Waals surface area contributed by atoms with Gasteiger partial charge in [-0.15, -0.1) is 0 Å². The maximum Gasteiger partial charge on any atom is 0.244 e. The number of benzene rings is 3. The molecule has 4 nitrogen and oxygen atoms in total. The first kappa shape index (κ1) is 20.3. The zero-order chi connectivity index (χ0) is 21.1. The van der Waals surface area contributed by atoms with Crippen molar-refractivity contribution in [3.63, 3.8) is 0 Å². The van der Waals surface area contributed by atoms with Crippen molar-refractivity contribution in [2.24, 2.45) is 5.10 Å². The van der Waals surface area contributed by atoms with Gasteiger partial charge < -0.3 is 4.57 Å². The van der Waals surface area contributed by atoms with Crippen molar-refractivity contribution in [3.8, 4) is 5.69 Å². The van der Waals surface area contributed by atoms with Gasteiger partial charge in [-0.25, -0.2) is 5.43 Å². The number of aryl methyl sites for hydroxylation is 1. The molecule has 0 aliphatic rings. The molecule has 0 radical (unpaired) electrons. The molecule has 5 heteroatoms. The summed E-state index contributed by atoms with van der Waals surface area (Å²) in [6, 6.07) is 24.6. The highest BCUT2D eigenvalue weighted by molar-refractivity contribution is 14.1. The molecule has 0 spiro atoms. The summed E-state index contributed by atoms with van der Waals surface area (Å²) in [4.78, 5) is 12.4. The summed E-state index contributed by atoms with van der Waals surface area (Å²) in [6.07, 6.45) is 2.01. The Morgan fingerprint density at radius 1 is 1.03 bits per heavy atom. The normalized spacial score (nSPS) is 11.3. The third-order valence-electron chi connectivity index (χ3n) is 5.18. The monoisotopic (exact) mass is 507 g/mol. The summed E-state index contributed by atoms with van der Waals surface area (Å²) in [6.45, 7) is 4.13. The minimum Gasteiger partial charge on any atom is -0.318 e. The Hall–Kier alpha value is -2.93. The molecule has 1 amide bonds. The fourth-order valence-corrected chi connectivity index (χ4v) is 4.10. The van der Waals surface area contributed by atoms with E-state index < -0.39 is 0 Å². The maximum absolute atomic E-state index is 12.4. The molecular formula is C25H22IN3O. The molecule has 0 bridgehead atoms. The van der Waals surface area contributed by atoms with E-state index in [2.05, 4.69) is 94.0 Å². The third-order valence-corrected chi connectivity index (χ3v) is 5.90. The van der Waals surface area contributed by atoms with Crippen LogP contribution in [0.4, 0.5) is 0 Å². The van der Waals surface area contributed by atoms with Crippen LogP contribution in [0, 0.1) is 17.4 Å². The van der Waals surface area contributed by atoms with Crippen LogP contribution < -0.4 is 5.43 Å². The Balaban J connectivity index is 1.47. The maximum atomic E-state index is 12.4. The summed E-state index contributed by atoms with van der Waals surface area (Å²) >= 11 is 2.30. The highest BCUT2D eigenvalue weighted by atomic mass is 127. The smallest absolute Gasteiger partial charge is 0.244 e. The fourth-order valence-electron chi connectivity index (χ4n) is 3.74. The molecule has 150 valence electrons. The van der Waals surface area contributed by atoms with Gasteiger partial charge in [-0.3, -0.25) is 4.79 Å². The third kappa shape index (κ3) is 4.31. The van der Waals surface area contributed by atoms with Crippen LogP contribution in [0.2, 0.25) is 0 Å². The van der Waals surface area contributed by atoms with Crippen LogP contribution in [0.25, 0.3) is 16.5 Å². The molecule has 3 aromatic carbocycles. The summed E-state index contributed by atoms with van der Waals surface area (Å²) in [5.74, 6) is -0.131. The van der Waals surface area contributed by atoms with Crippen LogP contribution >= 0.6 is 22.6 Å². The summed E-state index contributed by atoms with van der Waals surface area (Å²) in [7, 11) is 0. The van der Waals surface area contributed by atoms with Gasteiger partial charge in [0.05, 0.1) is 12.6 Å². The minimum absolute atomic E-state index is 0.131. The lowest BCUT2D eigenvalue weighted by Gasteiger charge is -2.09. The second-order valence-electron chi connectivity index (χ2n) is 7.25. The van der Waals surface area contributed by atoms with Crippen LogP contribution in [0.5, 0.6) is 0 Å². The molecule has 0 fully saturated rings. The SMILES string of the molecule is Cc1cc(/C=N\NC(=O)Cc2cccc3ccccc23)c(C)n1-c1ccc(I)cc1. The Morgan fingerprint density at radius 2 is 1.77 bits per heavy atom. The summed E-state index contributed by atoms with van der Waals surface area (Å²) in [5.41, 5.74) is 7.97. The number of nitrogens with zero attached hydrogens (tertiary/aromatic N) is 2. The number of rotatable bonds is 5. The van der Waals surface area contributed by atoms with E-state index in [4.69, 9.17) is 0 Å². The van der Waals surface area contributed by atoms with Crippen molar-refractivity contribution in [1.29, 1.82) is 0 Å². The first-order valence-corrected chi connectivity index (χ1v) is 10.8. The molecular weight excluding hydrogens is 485 g/mol. The Labute approximate surface area is 189 Å². The first-order chi connectivity index (χ1) is 14.5. The number of nitrogens with one attached hydrogen (secondary N) is 1. The molecule has 0 atom stereocenters. The fraction of sp³-hybridized carbons (Fsp3) is 0.120. The molecule has 1 aromatic heterocycles. The van der Waals surface area contributed by atoms with Crippen molar-refractivity contribution < 1.29 is 4.79 Å². The van der Waals surface area contributed by atoms with Gasteiger partial charge in [0.15, 0.2) is 0 Å². The topological polar surface area (TPSA) is 46.4 Å². The van der Waals surface area contributed by atoms with Crippen LogP contribution in [0.1, 0.15) is 22.5 Å². The number of carbonyl (C=O) groups excluding carboxylic acids is 1. The van der Waals surface area contributed by atoms with Crippen LogP contribution in [0.3, 0.4) is 0 Å². The summed E-state index contributed by atoms with van der Waals surface area (Å²) < 4.78 is 3.39. The van der Waals surface area contributed by atoms with Crippen molar-refractivity contribution in [2.75, 3.05) is 0 Å². The Kier molecular flexibility index (Phi) is 5.99. The van der Waals surface area contributed by atoms with E-state index in [1.165, 1.54) is 3.57 Å². The number of hydrogen-bond donors (Lipinski definition) is 1. The van der Waals surface area contributed by atoms with Gasteiger partial charge in [0.25, 0.3) is 0 Å². The number of hydrazone groups is 1. The lowest BCUT2D eigenvalue weighted by atomic mass is 10.0. The molecule has 0 saturated heterocycles. The van der Waals surface area contributed by atoms with Gasteiger partial charge >= 0.3 is 0 Å². The van der Waals surface area contributed by atoms with Crippen molar-refractivity contribution in [3.05, 3.63) is 98.9 Å². The van der Waals surface area contributed by atoms with Crippen LogP contribution in [0.15, 0.2) is 77.9 Å². The Bertz CT molecular complexity index is 1230. The number of amides is 1. The molecule has 0 aliphatic carbocycles. The highest BCUT2D eigenvalue weighted by Crippen LogP contribution is 2.21. The van der Waals surface area contributed by atoms with Crippen molar-refractivity contribution >= 4 is 45.5 Å². The van der Waals surface area contributed by atoms with Crippen LogP contribution in [-0.2, 0) is 11.2 Å². The molecule has 0 aliphatic heterocycles. The van der Waals surface area contributed by atoms with Crippen molar-refractivity contribution in [2.45, 2.75) is 20.3 Å². The second-order valence-corrected chi connectivity index (χ2v) is 8.49. The van der Waals surface area contributed by atoms with Gasteiger partial charge in [0.2, 0.25) is 5.91 Å². The largest absolute Gasteiger partial charge is 0.318 e. The number of halogens is 1. The molecule has 0 unspecified atom stereocenters. The second kappa shape index (κ2) is 8.83. The van der Waals surface area contributed by atoms with E-state index in [1.54, 1.807) is 6.21 Å². The molecule has 0 saturated carbocycles. The number of hydrogen-bond acceptors (Lipinski definition) is 2. The quantitative estimate of drug-likeness (QED) is 0.215. The lowest BCUT2D eigenvalue weighted by Crippen LogP contribution is -2.19. The zero-order valence-electron chi connectivity index (χ0n) is 16.9. The molecule has 1 N–H and O–H groups in total. The molecule has 1 heterocycles. The predicted octanol–water partition coefficient (Wildman–Crippen LogP) is 5.54. The van der Waals surface area contributed by atoms with Crippen molar-refractivity contribution in [1.82, 2.24) is 9.99 Å². The lowest BCUT2D eigenvalue weighted by molar-refractivity contribution is -0.120. The van der Waals surface area contributed by atoms with Gasteiger partial charge in [-0.1, -0.05) is 42.5 Å². The predicted molar refractivity (Wildman–Crippen MR) is 131 cm³/mol. The molecule has 4 rings (SSSR count). The average molecular weight is 507 g/mol.